The van der Waals surface area contributed by atoms with Crippen LogP contribution in [0.1, 0.15) is 58.2 Å². The SMILES string of the molecule is COCC1Cn2ncc(S(=O)(=NC(c3ccccc3)(c3ccccc3)c3ccccc3)NC(=O)Nc3c4c(cc5c3[C@H](C)C5)CCC4)c2O1. The monoisotopic (exact) mass is 673 g/mol. The van der Waals surface area contributed by atoms with Crippen LogP contribution in [0.4, 0.5) is 10.5 Å². The molecule has 0 spiro atoms. The highest BCUT2D eigenvalue weighted by molar-refractivity contribution is 7.92. The van der Waals surface area contributed by atoms with Gasteiger partial charge in [0, 0.05) is 12.8 Å². The number of hydrogen-bond acceptors (Lipinski definition) is 6. The lowest BCUT2D eigenvalue weighted by Gasteiger charge is -2.33. The molecule has 1 aliphatic heterocycles. The van der Waals surface area contributed by atoms with Crippen LogP contribution in [0.5, 0.6) is 5.88 Å². The van der Waals surface area contributed by atoms with Crippen LogP contribution in [0.15, 0.2) is 113 Å². The number of aryl methyl sites for hydroxylation is 1. The molecule has 0 radical (unpaired) electrons. The number of hydrogen-bond donors (Lipinski definition) is 2. The van der Waals surface area contributed by atoms with Crippen LogP contribution in [0.2, 0.25) is 0 Å². The first-order valence-corrected chi connectivity index (χ1v) is 18.3. The number of fused-ring (bicyclic) bond motifs is 3. The average Bonchev–Trinajstić information content (AvgIpc) is 3.85. The van der Waals surface area contributed by atoms with Crippen LogP contribution < -0.4 is 14.8 Å². The Hall–Kier alpha value is -4.93. The molecule has 3 aliphatic rings. The van der Waals surface area contributed by atoms with E-state index in [1.165, 1.54) is 28.5 Å². The standard InChI is InChI=1S/C39H39N5O4S/c1-26-21-28-22-27-13-12-20-33(27)36(35(26)28)41-38(45)42-49(46,34-23-40-44-24-32(25-47-2)48-37(34)44)43-39(29-14-6-3-7-15-29,30-16-8-4-9-17-30)31-18-10-5-11-19-31/h3-11,14-19,22-23,26,32H,12-13,20-21,24-25H2,1-2H3,(H2,41,42,43,45,46)/t26-,32?,49?/m1/s1. The molecule has 8 rings (SSSR count). The van der Waals surface area contributed by atoms with Crippen LogP contribution >= 0.6 is 0 Å². The van der Waals surface area contributed by atoms with Crippen molar-refractivity contribution in [3.8, 4) is 5.88 Å². The predicted octanol–water partition coefficient (Wildman–Crippen LogP) is 6.99. The number of methoxy groups -OCH3 is 1. The van der Waals surface area contributed by atoms with Crippen molar-refractivity contribution in [3.63, 3.8) is 0 Å². The van der Waals surface area contributed by atoms with Crippen molar-refractivity contribution < 1.29 is 18.5 Å². The molecule has 2 amide bonds. The lowest BCUT2D eigenvalue weighted by Crippen LogP contribution is -2.38. The van der Waals surface area contributed by atoms with Crippen molar-refractivity contribution in [2.75, 3.05) is 19.0 Å². The van der Waals surface area contributed by atoms with E-state index in [-0.39, 0.29) is 11.0 Å². The van der Waals surface area contributed by atoms with Gasteiger partial charge in [0.1, 0.15) is 16.5 Å². The largest absolute Gasteiger partial charge is 0.469 e. The van der Waals surface area contributed by atoms with Gasteiger partial charge in [0.25, 0.3) is 0 Å². The maximum absolute atomic E-state index is 16.0. The molecule has 250 valence electrons. The Morgan fingerprint density at radius 3 is 2.20 bits per heavy atom. The van der Waals surface area contributed by atoms with Gasteiger partial charge in [-0.05, 0) is 70.5 Å². The summed E-state index contributed by atoms with van der Waals surface area (Å²) in [6.07, 6.45) is 5.11. The molecule has 0 fully saturated rings. The van der Waals surface area contributed by atoms with Gasteiger partial charge in [-0.15, -0.1) is 0 Å². The van der Waals surface area contributed by atoms with Gasteiger partial charge in [-0.1, -0.05) is 104 Å². The molecule has 1 aromatic heterocycles. The van der Waals surface area contributed by atoms with Crippen LogP contribution in [0, 0.1) is 0 Å². The molecule has 3 atom stereocenters. The highest BCUT2D eigenvalue weighted by Gasteiger charge is 2.41. The zero-order chi connectivity index (χ0) is 33.6. The average molecular weight is 674 g/mol. The van der Waals surface area contributed by atoms with Gasteiger partial charge in [0.05, 0.1) is 19.3 Å². The minimum Gasteiger partial charge on any atom is -0.469 e. The lowest BCUT2D eigenvalue weighted by molar-refractivity contribution is 0.0920. The number of benzene rings is 4. The third-order valence-electron chi connectivity index (χ3n) is 9.92. The number of amides is 2. The van der Waals surface area contributed by atoms with Crippen LogP contribution in [0.3, 0.4) is 0 Å². The number of carbonyl (C=O) groups is 1. The summed E-state index contributed by atoms with van der Waals surface area (Å²) in [5.74, 6) is 0.634. The molecule has 4 aromatic carbocycles. The van der Waals surface area contributed by atoms with E-state index in [0.717, 1.165) is 48.1 Å². The third kappa shape index (κ3) is 5.39. The highest BCUT2D eigenvalue weighted by Crippen LogP contribution is 2.46. The Bertz CT molecular complexity index is 2040. The number of carbonyl (C=O) groups excluding carboxylic acids is 1. The van der Waals surface area contributed by atoms with Gasteiger partial charge in [-0.25, -0.2) is 18.4 Å². The summed E-state index contributed by atoms with van der Waals surface area (Å²) in [7, 11) is -2.22. The fourth-order valence-electron chi connectivity index (χ4n) is 7.74. The second-order valence-corrected chi connectivity index (χ2v) is 15.0. The number of nitrogens with zero attached hydrogens (tertiary/aromatic N) is 3. The fraction of sp³-hybridized carbons (Fsp3) is 0.282. The molecule has 0 saturated carbocycles. The smallest absolute Gasteiger partial charge is 0.331 e. The zero-order valence-corrected chi connectivity index (χ0v) is 28.4. The van der Waals surface area contributed by atoms with E-state index in [1.54, 1.807) is 11.8 Å². The van der Waals surface area contributed by atoms with Gasteiger partial charge in [-0.2, -0.15) is 9.46 Å². The van der Waals surface area contributed by atoms with Gasteiger partial charge < -0.3 is 14.8 Å². The maximum atomic E-state index is 16.0. The van der Waals surface area contributed by atoms with Gasteiger partial charge in [0.15, 0.2) is 9.92 Å². The first kappa shape index (κ1) is 31.3. The molecule has 5 aromatic rings. The molecule has 2 heterocycles. The van der Waals surface area contributed by atoms with E-state index in [0.29, 0.717) is 24.9 Å². The number of aromatic nitrogens is 2. The quantitative estimate of drug-likeness (QED) is 0.164. The topological polar surface area (TPSA) is 107 Å². The van der Waals surface area contributed by atoms with E-state index in [2.05, 4.69) is 28.1 Å². The molecule has 2 unspecified atom stereocenters. The number of ether oxygens (including phenoxy) is 2. The summed E-state index contributed by atoms with van der Waals surface area (Å²) >= 11 is 0. The number of anilines is 1. The van der Waals surface area contributed by atoms with Crippen LogP contribution in [-0.4, -0.2) is 39.8 Å². The Kier molecular flexibility index (Phi) is 8.00. The molecule has 0 bridgehead atoms. The molecule has 9 nitrogen and oxygen atoms in total. The summed E-state index contributed by atoms with van der Waals surface area (Å²) in [4.78, 5) is 14.5. The highest BCUT2D eigenvalue weighted by atomic mass is 32.2. The number of rotatable bonds is 9. The van der Waals surface area contributed by atoms with Crippen molar-refractivity contribution >= 4 is 21.6 Å². The molecule has 2 N–H and O–H groups in total. The third-order valence-corrected chi connectivity index (χ3v) is 11.8. The Morgan fingerprint density at radius 1 is 0.980 bits per heavy atom. The first-order valence-electron chi connectivity index (χ1n) is 16.8. The van der Waals surface area contributed by atoms with E-state index < -0.39 is 21.5 Å². The Labute approximate surface area is 287 Å². The van der Waals surface area contributed by atoms with Crippen LogP contribution in [0.25, 0.3) is 0 Å². The normalized spacial score (nSPS) is 18.7. The van der Waals surface area contributed by atoms with E-state index in [4.69, 9.17) is 13.8 Å². The van der Waals surface area contributed by atoms with Crippen molar-refractivity contribution in [1.82, 2.24) is 14.5 Å². The molecule has 10 heteroatoms. The van der Waals surface area contributed by atoms with Crippen molar-refractivity contribution in [3.05, 3.63) is 142 Å². The maximum Gasteiger partial charge on any atom is 0.331 e. The summed E-state index contributed by atoms with van der Waals surface area (Å²) in [6.45, 7) is 2.94. The predicted molar refractivity (Wildman–Crippen MR) is 189 cm³/mol. The number of nitrogens with one attached hydrogen (secondary N) is 2. The van der Waals surface area contributed by atoms with Crippen molar-refractivity contribution in [2.24, 2.45) is 4.36 Å². The fourth-order valence-corrected chi connectivity index (χ4v) is 9.57. The first-order chi connectivity index (χ1) is 23.9. The van der Waals surface area contributed by atoms with Crippen molar-refractivity contribution in [1.29, 1.82) is 0 Å². The molecule has 49 heavy (non-hydrogen) atoms. The second kappa shape index (κ2) is 12.5. The molecular weight excluding hydrogens is 635 g/mol. The van der Waals surface area contributed by atoms with E-state index in [1.807, 2.05) is 91.0 Å². The van der Waals surface area contributed by atoms with Gasteiger partial charge in [0.2, 0.25) is 5.88 Å². The Morgan fingerprint density at radius 2 is 1.61 bits per heavy atom. The van der Waals surface area contributed by atoms with Gasteiger partial charge in [-0.3, -0.25) is 0 Å². The minimum absolute atomic E-state index is 0.202. The summed E-state index contributed by atoms with van der Waals surface area (Å²) in [5, 5.41) is 7.73. The molecule has 2 aliphatic carbocycles. The zero-order valence-electron chi connectivity index (χ0n) is 27.6. The van der Waals surface area contributed by atoms with E-state index in [9.17, 15) is 4.79 Å². The second-order valence-electron chi connectivity index (χ2n) is 13.1. The van der Waals surface area contributed by atoms with E-state index >= 15 is 4.21 Å². The summed E-state index contributed by atoms with van der Waals surface area (Å²) < 4.78 is 37.5. The lowest BCUT2D eigenvalue weighted by atomic mass is 9.75. The Balaban J connectivity index is 1.33. The van der Waals surface area contributed by atoms with Gasteiger partial charge >= 0.3 is 6.03 Å². The van der Waals surface area contributed by atoms with Crippen molar-refractivity contribution in [2.45, 2.75) is 61.6 Å². The molecular formula is C39H39N5O4S. The minimum atomic E-state index is -3.83. The molecule has 0 saturated heterocycles. The summed E-state index contributed by atoms with van der Waals surface area (Å²) in [5.41, 5.74) is 6.84. The summed E-state index contributed by atoms with van der Waals surface area (Å²) in [6, 6.07) is 31.1. The number of urea groups is 1. The van der Waals surface area contributed by atoms with Crippen LogP contribution in [-0.2, 0) is 46.0 Å².